The van der Waals surface area contributed by atoms with E-state index in [1.807, 2.05) is 0 Å². The Balaban J connectivity index is 1.48. The van der Waals surface area contributed by atoms with Gasteiger partial charge in [-0.1, -0.05) is 13.3 Å². The Hall–Kier alpha value is 0. The molecule has 0 spiro atoms. The monoisotopic (exact) mass is 206 g/mol. The predicted molar refractivity (Wildman–Crippen MR) is 64.7 cm³/mol. The third-order valence-corrected chi connectivity index (χ3v) is 5.71. The summed E-state index contributed by atoms with van der Waals surface area (Å²) in [6.07, 6.45) is 14.0. The van der Waals surface area contributed by atoms with Crippen molar-refractivity contribution >= 4 is 0 Å². The molecule has 0 heteroatoms. The minimum atomic E-state index is 1.12. The van der Waals surface area contributed by atoms with Crippen molar-refractivity contribution in [3.63, 3.8) is 0 Å². The largest absolute Gasteiger partial charge is 0.0651 e. The second-order valence-electron chi connectivity index (χ2n) is 6.42. The van der Waals surface area contributed by atoms with Gasteiger partial charge in [-0.05, 0) is 81.0 Å². The highest BCUT2D eigenvalue weighted by Crippen LogP contribution is 2.51. The van der Waals surface area contributed by atoms with E-state index in [9.17, 15) is 0 Å². The first-order valence-electron chi connectivity index (χ1n) is 7.38. The van der Waals surface area contributed by atoms with Crippen molar-refractivity contribution in [3.05, 3.63) is 0 Å². The van der Waals surface area contributed by atoms with Crippen LogP contribution in [0.1, 0.15) is 64.7 Å². The van der Waals surface area contributed by atoms with E-state index in [1.54, 1.807) is 51.4 Å². The Morgan fingerprint density at radius 1 is 0.667 bits per heavy atom. The molecule has 3 saturated carbocycles. The van der Waals surface area contributed by atoms with Crippen LogP contribution in [0, 0.1) is 29.6 Å². The fourth-order valence-corrected chi connectivity index (χ4v) is 4.33. The lowest BCUT2D eigenvalue weighted by Crippen LogP contribution is -2.34. The van der Waals surface area contributed by atoms with Gasteiger partial charge in [-0.25, -0.2) is 0 Å². The number of hydrogen-bond acceptors (Lipinski definition) is 0. The minimum absolute atomic E-state index is 1.12. The van der Waals surface area contributed by atoms with Gasteiger partial charge in [0.15, 0.2) is 0 Å². The lowest BCUT2D eigenvalue weighted by molar-refractivity contribution is 0.0627. The smallest absolute Gasteiger partial charge is 0.0357 e. The maximum atomic E-state index is 2.40. The molecule has 0 saturated heterocycles. The van der Waals surface area contributed by atoms with Crippen molar-refractivity contribution in [3.8, 4) is 0 Å². The molecule has 86 valence electrons. The molecule has 2 atom stereocenters. The molecule has 0 aromatic carbocycles. The lowest BCUT2D eigenvalue weighted by Gasteiger charge is -2.44. The summed E-state index contributed by atoms with van der Waals surface area (Å²) in [7, 11) is 0. The summed E-state index contributed by atoms with van der Waals surface area (Å²) in [5.41, 5.74) is 0. The molecule has 3 aliphatic carbocycles. The normalized spacial score (nSPS) is 46.2. The minimum Gasteiger partial charge on any atom is -0.0651 e. The van der Waals surface area contributed by atoms with E-state index >= 15 is 0 Å². The van der Waals surface area contributed by atoms with Crippen LogP contribution in [0.25, 0.3) is 0 Å². The van der Waals surface area contributed by atoms with Crippen LogP contribution in [0.4, 0.5) is 0 Å². The summed E-state index contributed by atoms with van der Waals surface area (Å²) < 4.78 is 0. The summed E-state index contributed by atoms with van der Waals surface area (Å²) >= 11 is 0. The molecule has 0 radical (unpaired) electrons. The molecule has 0 amide bonds. The summed E-state index contributed by atoms with van der Waals surface area (Å²) in [6, 6.07) is 0. The Labute approximate surface area is 94.8 Å². The van der Waals surface area contributed by atoms with E-state index in [4.69, 9.17) is 0 Å². The molecule has 15 heavy (non-hydrogen) atoms. The maximum Gasteiger partial charge on any atom is -0.0357 e. The molecule has 0 nitrogen and oxygen atoms in total. The summed E-state index contributed by atoms with van der Waals surface area (Å²) in [6.45, 7) is 2.40. The summed E-state index contributed by atoms with van der Waals surface area (Å²) in [5.74, 6) is 5.73. The van der Waals surface area contributed by atoms with Crippen LogP contribution in [0.2, 0.25) is 0 Å². The molecule has 0 aromatic heterocycles. The highest BCUT2D eigenvalue weighted by Gasteiger charge is 2.40. The molecular formula is C15H26. The van der Waals surface area contributed by atoms with Gasteiger partial charge < -0.3 is 0 Å². The van der Waals surface area contributed by atoms with Gasteiger partial charge in [-0.15, -0.1) is 0 Å². The molecule has 0 heterocycles. The average molecular weight is 206 g/mol. The predicted octanol–water partition coefficient (Wildman–Crippen LogP) is 4.64. The van der Waals surface area contributed by atoms with Crippen molar-refractivity contribution in [2.45, 2.75) is 64.7 Å². The fourth-order valence-electron chi connectivity index (χ4n) is 4.33. The zero-order valence-corrected chi connectivity index (χ0v) is 10.3. The molecular weight excluding hydrogens is 180 g/mol. The van der Waals surface area contributed by atoms with E-state index in [1.165, 1.54) is 12.3 Å². The van der Waals surface area contributed by atoms with Crippen molar-refractivity contribution in [2.75, 3.05) is 0 Å². The third-order valence-electron chi connectivity index (χ3n) is 5.71. The van der Waals surface area contributed by atoms with E-state index < -0.39 is 0 Å². The molecule has 0 N–H and O–H groups in total. The molecule has 3 fully saturated rings. The first-order chi connectivity index (χ1) is 7.38. The van der Waals surface area contributed by atoms with Crippen LogP contribution in [0.5, 0.6) is 0 Å². The first-order valence-corrected chi connectivity index (χ1v) is 7.38. The van der Waals surface area contributed by atoms with Crippen molar-refractivity contribution in [1.29, 1.82) is 0 Å². The fraction of sp³-hybridized carbons (Fsp3) is 1.00. The average Bonchev–Trinajstić information content (AvgIpc) is 3.01. The molecule has 3 aliphatic rings. The zero-order chi connectivity index (χ0) is 10.3. The van der Waals surface area contributed by atoms with Gasteiger partial charge >= 0.3 is 0 Å². The van der Waals surface area contributed by atoms with Gasteiger partial charge in [0.2, 0.25) is 0 Å². The zero-order valence-electron chi connectivity index (χ0n) is 10.3. The molecule has 0 aromatic rings. The highest BCUT2D eigenvalue weighted by atomic mass is 14.5. The van der Waals surface area contributed by atoms with Gasteiger partial charge in [0.05, 0.1) is 0 Å². The van der Waals surface area contributed by atoms with Crippen LogP contribution < -0.4 is 0 Å². The second kappa shape index (κ2) is 4.11. The molecule has 3 rings (SSSR count). The quantitative estimate of drug-likeness (QED) is 0.631. The Morgan fingerprint density at radius 2 is 1.20 bits per heavy atom. The Kier molecular flexibility index (Phi) is 2.79. The van der Waals surface area contributed by atoms with Crippen LogP contribution in [-0.2, 0) is 0 Å². The topological polar surface area (TPSA) is 0 Å². The van der Waals surface area contributed by atoms with E-state index in [0.717, 1.165) is 23.7 Å². The van der Waals surface area contributed by atoms with Crippen molar-refractivity contribution in [1.82, 2.24) is 0 Å². The van der Waals surface area contributed by atoms with E-state index in [-0.39, 0.29) is 0 Å². The Bertz CT molecular complexity index is 206. The van der Waals surface area contributed by atoms with Gasteiger partial charge in [-0.3, -0.25) is 0 Å². The van der Waals surface area contributed by atoms with E-state index in [0.29, 0.717) is 0 Å². The van der Waals surface area contributed by atoms with Crippen LogP contribution in [0.15, 0.2) is 0 Å². The van der Waals surface area contributed by atoms with Gasteiger partial charge in [0.25, 0.3) is 0 Å². The van der Waals surface area contributed by atoms with Gasteiger partial charge in [0, 0.05) is 0 Å². The van der Waals surface area contributed by atoms with Crippen molar-refractivity contribution < 1.29 is 0 Å². The molecule has 0 aliphatic heterocycles. The summed E-state index contributed by atoms with van der Waals surface area (Å²) in [5, 5.41) is 0. The number of rotatable bonds is 3. The first kappa shape index (κ1) is 10.2. The van der Waals surface area contributed by atoms with Gasteiger partial charge in [0.1, 0.15) is 0 Å². The second-order valence-corrected chi connectivity index (χ2v) is 6.42. The maximum absolute atomic E-state index is 2.40. The standard InChI is InChI=1S/C15H26/c1-2-11-9-10-15(11)14-7-5-13(6-8-14)12-3-4-12/h11-15H,2-10H2,1H3. The van der Waals surface area contributed by atoms with Crippen molar-refractivity contribution in [2.24, 2.45) is 29.6 Å². The van der Waals surface area contributed by atoms with Crippen LogP contribution in [0.3, 0.4) is 0 Å². The SMILES string of the molecule is CCC1CCC1C1CCC(C2CC2)CC1. The molecule has 2 unspecified atom stereocenters. The Morgan fingerprint density at radius 3 is 1.60 bits per heavy atom. The highest BCUT2D eigenvalue weighted by molar-refractivity contribution is 4.90. The lowest BCUT2D eigenvalue weighted by atomic mass is 9.61. The third kappa shape index (κ3) is 1.97. The molecule has 0 bridgehead atoms. The van der Waals surface area contributed by atoms with Crippen LogP contribution >= 0.6 is 0 Å². The number of hydrogen-bond donors (Lipinski definition) is 0. The van der Waals surface area contributed by atoms with Gasteiger partial charge in [-0.2, -0.15) is 0 Å². The van der Waals surface area contributed by atoms with Crippen LogP contribution in [-0.4, -0.2) is 0 Å². The van der Waals surface area contributed by atoms with E-state index in [2.05, 4.69) is 6.92 Å². The summed E-state index contributed by atoms with van der Waals surface area (Å²) in [4.78, 5) is 0.